The minimum absolute atomic E-state index is 0.0162. The largest absolute Gasteiger partial charge is 0.309 e. The molecule has 0 aliphatic heterocycles. The summed E-state index contributed by atoms with van der Waals surface area (Å²) in [5.74, 6) is 0.215. The van der Waals surface area contributed by atoms with E-state index in [1.54, 1.807) is 6.08 Å². The van der Waals surface area contributed by atoms with Crippen LogP contribution in [-0.2, 0) is 4.79 Å². The fourth-order valence-electron chi connectivity index (χ4n) is 2.01. The first-order valence-corrected chi connectivity index (χ1v) is 6.72. The highest BCUT2D eigenvalue weighted by molar-refractivity contribution is 5.96. The van der Waals surface area contributed by atoms with E-state index < -0.39 is 0 Å². The van der Waals surface area contributed by atoms with E-state index in [9.17, 15) is 4.79 Å². The number of nitrogens with zero attached hydrogens (tertiary/aromatic N) is 1. The maximum absolute atomic E-state index is 12.4. The van der Waals surface area contributed by atoms with Crippen molar-refractivity contribution in [3.8, 4) is 0 Å². The maximum Gasteiger partial charge on any atom is 0.160 e. The molecule has 1 aromatic rings. The van der Waals surface area contributed by atoms with E-state index in [0.717, 1.165) is 12.1 Å². The Morgan fingerprint density at radius 1 is 1.21 bits per heavy atom. The van der Waals surface area contributed by atoms with Crippen molar-refractivity contribution >= 4 is 11.9 Å². The van der Waals surface area contributed by atoms with Crippen LogP contribution in [0.4, 0.5) is 0 Å². The Balaban J connectivity index is 2.81. The number of carbonyl (C=O) groups is 1. The van der Waals surface area contributed by atoms with Crippen LogP contribution in [0.15, 0.2) is 36.4 Å². The van der Waals surface area contributed by atoms with Crippen LogP contribution in [0.2, 0.25) is 0 Å². The molecular weight excluding hydrogens is 234 g/mol. The van der Waals surface area contributed by atoms with Crippen molar-refractivity contribution in [2.24, 2.45) is 11.3 Å². The van der Waals surface area contributed by atoms with E-state index in [-0.39, 0.29) is 17.1 Å². The van der Waals surface area contributed by atoms with Crippen LogP contribution in [0.25, 0.3) is 6.08 Å². The van der Waals surface area contributed by atoms with Gasteiger partial charge in [-0.15, -0.1) is 0 Å². The summed E-state index contributed by atoms with van der Waals surface area (Å²) in [7, 11) is 4.01. The maximum atomic E-state index is 12.4. The normalized spacial score (nSPS) is 14.0. The summed E-state index contributed by atoms with van der Waals surface area (Å²) in [4.78, 5) is 14.5. The van der Waals surface area contributed by atoms with Gasteiger partial charge in [-0.25, -0.2) is 0 Å². The lowest BCUT2D eigenvalue weighted by Gasteiger charge is -2.30. The van der Waals surface area contributed by atoms with Crippen molar-refractivity contribution in [1.29, 1.82) is 0 Å². The van der Waals surface area contributed by atoms with Gasteiger partial charge < -0.3 is 4.90 Å². The van der Waals surface area contributed by atoms with Gasteiger partial charge in [0.05, 0.1) is 0 Å². The predicted molar refractivity (Wildman–Crippen MR) is 82.0 cm³/mol. The van der Waals surface area contributed by atoms with E-state index >= 15 is 0 Å². The molecule has 0 aliphatic rings. The Labute approximate surface area is 117 Å². The molecule has 1 aromatic carbocycles. The summed E-state index contributed by atoms with van der Waals surface area (Å²) >= 11 is 0. The third kappa shape index (κ3) is 5.39. The van der Waals surface area contributed by atoms with E-state index in [4.69, 9.17) is 0 Å². The Morgan fingerprint density at radius 3 is 2.26 bits per heavy atom. The van der Waals surface area contributed by atoms with Crippen LogP contribution < -0.4 is 0 Å². The van der Waals surface area contributed by atoms with Gasteiger partial charge in [-0.3, -0.25) is 4.79 Å². The predicted octanol–water partition coefficient (Wildman–Crippen LogP) is 3.49. The molecule has 0 N–H and O–H groups in total. The number of hydrogen-bond donors (Lipinski definition) is 0. The van der Waals surface area contributed by atoms with Crippen molar-refractivity contribution in [3.63, 3.8) is 0 Å². The highest BCUT2D eigenvalue weighted by atomic mass is 16.1. The molecular formula is C17H25NO. The fourth-order valence-corrected chi connectivity index (χ4v) is 2.01. The van der Waals surface area contributed by atoms with E-state index in [2.05, 4.69) is 25.7 Å². The van der Waals surface area contributed by atoms with Crippen molar-refractivity contribution in [2.75, 3.05) is 20.6 Å². The molecule has 1 rings (SSSR count). The van der Waals surface area contributed by atoms with Crippen molar-refractivity contribution < 1.29 is 4.79 Å². The molecule has 104 valence electrons. The van der Waals surface area contributed by atoms with Crippen LogP contribution in [-0.4, -0.2) is 31.3 Å². The van der Waals surface area contributed by atoms with Crippen molar-refractivity contribution in [1.82, 2.24) is 4.90 Å². The molecule has 19 heavy (non-hydrogen) atoms. The second kappa shape index (κ2) is 6.67. The summed E-state index contributed by atoms with van der Waals surface area (Å²) in [6, 6.07) is 9.93. The number of hydrogen-bond acceptors (Lipinski definition) is 2. The first kappa shape index (κ1) is 15.6. The molecule has 1 atom stereocenters. The van der Waals surface area contributed by atoms with Crippen LogP contribution >= 0.6 is 0 Å². The third-order valence-electron chi connectivity index (χ3n) is 3.18. The van der Waals surface area contributed by atoms with E-state index in [0.29, 0.717) is 0 Å². The molecule has 0 saturated heterocycles. The third-order valence-corrected chi connectivity index (χ3v) is 3.18. The highest BCUT2D eigenvalue weighted by Crippen LogP contribution is 2.27. The van der Waals surface area contributed by atoms with Crippen molar-refractivity contribution in [2.45, 2.75) is 20.8 Å². The number of allylic oxidation sites excluding steroid dienone is 1. The lowest BCUT2D eigenvalue weighted by Crippen LogP contribution is -2.36. The topological polar surface area (TPSA) is 20.3 Å². The van der Waals surface area contributed by atoms with Crippen LogP contribution in [0.3, 0.4) is 0 Å². The van der Waals surface area contributed by atoms with Gasteiger partial charge >= 0.3 is 0 Å². The molecule has 0 fully saturated rings. The van der Waals surface area contributed by atoms with Gasteiger partial charge in [0, 0.05) is 12.5 Å². The summed E-state index contributed by atoms with van der Waals surface area (Å²) in [6.45, 7) is 7.14. The number of rotatable bonds is 5. The molecule has 2 heteroatoms. The van der Waals surface area contributed by atoms with Crippen molar-refractivity contribution in [3.05, 3.63) is 42.0 Å². The summed E-state index contributed by atoms with van der Waals surface area (Å²) < 4.78 is 0. The minimum atomic E-state index is -0.0254. The molecule has 0 spiro atoms. The van der Waals surface area contributed by atoms with E-state index in [1.807, 2.05) is 50.5 Å². The lowest BCUT2D eigenvalue weighted by atomic mass is 9.77. The number of benzene rings is 1. The zero-order chi connectivity index (χ0) is 14.5. The second-order valence-corrected chi connectivity index (χ2v) is 6.33. The summed E-state index contributed by atoms with van der Waals surface area (Å²) in [5.41, 5.74) is 1.04. The Bertz CT molecular complexity index is 426. The molecule has 2 nitrogen and oxygen atoms in total. The number of ketones is 1. The highest BCUT2D eigenvalue weighted by Gasteiger charge is 2.29. The molecule has 0 saturated carbocycles. The Morgan fingerprint density at radius 2 is 1.79 bits per heavy atom. The lowest BCUT2D eigenvalue weighted by molar-refractivity contribution is -0.121. The summed E-state index contributed by atoms with van der Waals surface area (Å²) in [5, 5.41) is 0. The van der Waals surface area contributed by atoms with Gasteiger partial charge in [-0.2, -0.15) is 0 Å². The van der Waals surface area contributed by atoms with Gasteiger partial charge in [0.2, 0.25) is 0 Å². The standard InChI is InChI=1S/C17H25NO/c1-17(2,3)15(13-18(4)5)16(19)12-11-14-9-7-6-8-10-14/h6-12,15H,13H2,1-5H3/b12-11-/t15-/m1/s1. The molecule has 0 unspecified atom stereocenters. The second-order valence-electron chi connectivity index (χ2n) is 6.33. The zero-order valence-corrected chi connectivity index (χ0v) is 12.7. The van der Waals surface area contributed by atoms with Gasteiger partial charge in [-0.05, 0) is 31.1 Å². The SMILES string of the molecule is CN(C)C[C@H](C(=O)/C=C\c1ccccc1)C(C)(C)C. The number of carbonyl (C=O) groups excluding carboxylic acids is 1. The van der Waals surface area contributed by atoms with Gasteiger partial charge in [0.1, 0.15) is 0 Å². The van der Waals surface area contributed by atoms with Crippen LogP contribution in [0.1, 0.15) is 26.3 Å². The molecule has 0 bridgehead atoms. The first-order chi connectivity index (χ1) is 8.80. The molecule has 0 heterocycles. The van der Waals surface area contributed by atoms with Crippen LogP contribution in [0, 0.1) is 11.3 Å². The molecule has 0 radical (unpaired) electrons. The van der Waals surface area contributed by atoms with Gasteiger partial charge in [-0.1, -0.05) is 57.2 Å². The fraction of sp³-hybridized carbons (Fsp3) is 0.471. The van der Waals surface area contributed by atoms with Crippen LogP contribution in [0.5, 0.6) is 0 Å². The first-order valence-electron chi connectivity index (χ1n) is 6.72. The quantitative estimate of drug-likeness (QED) is 0.754. The van der Waals surface area contributed by atoms with E-state index in [1.165, 1.54) is 0 Å². The average Bonchev–Trinajstić information content (AvgIpc) is 2.33. The Kier molecular flexibility index (Phi) is 5.49. The zero-order valence-electron chi connectivity index (χ0n) is 12.7. The smallest absolute Gasteiger partial charge is 0.160 e. The monoisotopic (exact) mass is 259 g/mol. The average molecular weight is 259 g/mol. The molecule has 0 aliphatic carbocycles. The molecule has 0 aromatic heterocycles. The van der Waals surface area contributed by atoms with Gasteiger partial charge in [0.25, 0.3) is 0 Å². The summed E-state index contributed by atoms with van der Waals surface area (Å²) in [6.07, 6.45) is 3.62. The Hall–Kier alpha value is -1.41. The molecule has 0 amide bonds. The minimum Gasteiger partial charge on any atom is -0.309 e. The van der Waals surface area contributed by atoms with Gasteiger partial charge in [0.15, 0.2) is 5.78 Å².